The molecule has 0 fully saturated rings. The van der Waals surface area contributed by atoms with E-state index in [0.29, 0.717) is 6.04 Å². The van der Waals surface area contributed by atoms with E-state index in [1.165, 1.54) is 6.42 Å². The number of hydrogen-bond donors (Lipinski definition) is 2. The third-order valence-corrected chi connectivity index (χ3v) is 1.72. The van der Waals surface area contributed by atoms with Gasteiger partial charge in [0.1, 0.15) is 0 Å². The fourth-order valence-electron chi connectivity index (χ4n) is 0.999. The lowest BCUT2D eigenvalue weighted by molar-refractivity contribution is 0.506. The van der Waals surface area contributed by atoms with Gasteiger partial charge in [0.05, 0.1) is 0 Å². The molecule has 0 aliphatic carbocycles. The zero-order valence-corrected chi connectivity index (χ0v) is 8.40. The SMILES string of the molecule is C=CCCNC(C)CNCCC. The first-order chi connectivity index (χ1) is 5.81. The average molecular weight is 170 g/mol. The molecule has 0 saturated carbocycles. The van der Waals surface area contributed by atoms with Gasteiger partial charge in [-0.15, -0.1) is 6.58 Å². The molecule has 1 atom stereocenters. The molecule has 72 valence electrons. The molecule has 0 radical (unpaired) electrons. The minimum atomic E-state index is 0.566. The number of hydrogen-bond acceptors (Lipinski definition) is 2. The summed E-state index contributed by atoms with van der Waals surface area (Å²) in [5.41, 5.74) is 0. The van der Waals surface area contributed by atoms with Crippen molar-refractivity contribution < 1.29 is 0 Å². The van der Waals surface area contributed by atoms with Crippen molar-refractivity contribution in [1.29, 1.82) is 0 Å². The Balaban J connectivity index is 3.09. The largest absolute Gasteiger partial charge is 0.315 e. The van der Waals surface area contributed by atoms with Crippen LogP contribution in [0.1, 0.15) is 26.7 Å². The monoisotopic (exact) mass is 170 g/mol. The van der Waals surface area contributed by atoms with Crippen LogP contribution in [0.4, 0.5) is 0 Å². The molecule has 1 unspecified atom stereocenters. The molecule has 0 amide bonds. The highest BCUT2D eigenvalue weighted by atomic mass is 15.0. The van der Waals surface area contributed by atoms with Gasteiger partial charge < -0.3 is 10.6 Å². The molecule has 0 spiro atoms. The van der Waals surface area contributed by atoms with Crippen LogP contribution in [-0.4, -0.2) is 25.7 Å². The first-order valence-electron chi connectivity index (χ1n) is 4.86. The van der Waals surface area contributed by atoms with Gasteiger partial charge in [0.2, 0.25) is 0 Å². The molecule has 0 aromatic heterocycles. The standard InChI is InChI=1S/C10H22N2/c1-4-6-8-12-10(3)9-11-7-5-2/h4,10-12H,1,5-9H2,2-3H3. The van der Waals surface area contributed by atoms with Crippen LogP contribution in [0.25, 0.3) is 0 Å². The van der Waals surface area contributed by atoms with Gasteiger partial charge in [-0.1, -0.05) is 13.0 Å². The highest BCUT2D eigenvalue weighted by Crippen LogP contribution is 1.82. The van der Waals surface area contributed by atoms with Crippen molar-refractivity contribution in [2.45, 2.75) is 32.7 Å². The highest BCUT2D eigenvalue weighted by Gasteiger charge is 1.97. The highest BCUT2D eigenvalue weighted by molar-refractivity contribution is 4.70. The fraction of sp³-hybridized carbons (Fsp3) is 0.800. The molecule has 2 heteroatoms. The van der Waals surface area contributed by atoms with Gasteiger partial charge in [0.25, 0.3) is 0 Å². The Morgan fingerprint density at radius 2 is 2.17 bits per heavy atom. The van der Waals surface area contributed by atoms with E-state index in [9.17, 15) is 0 Å². The summed E-state index contributed by atoms with van der Waals surface area (Å²) in [6.45, 7) is 11.3. The van der Waals surface area contributed by atoms with E-state index in [1.54, 1.807) is 0 Å². The summed E-state index contributed by atoms with van der Waals surface area (Å²) in [6.07, 6.45) is 4.21. The Bertz CT molecular complexity index is 102. The Labute approximate surface area is 76.4 Å². The van der Waals surface area contributed by atoms with Gasteiger partial charge in [-0.3, -0.25) is 0 Å². The molecule has 2 nitrogen and oxygen atoms in total. The molecule has 0 aromatic carbocycles. The van der Waals surface area contributed by atoms with E-state index in [4.69, 9.17) is 0 Å². The summed E-state index contributed by atoms with van der Waals surface area (Å²) in [5.74, 6) is 0. The quantitative estimate of drug-likeness (QED) is 0.426. The van der Waals surface area contributed by atoms with Gasteiger partial charge >= 0.3 is 0 Å². The normalized spacial score (nSPS) is 12.8. The van der Waals surface area contributed by atoms with Gasteiger partial charge in [-0.25, -0.2) is 0 Å². The molecule has 0 aliphatic heterocycles. The molecule has 0 bridgehead atoms. The molecule has 2 N–H and O–H groups in total. The lowest BCUT2D eigenvalue weighted by Gasteiger charge is -2.13. The fourth-order valence-corrected chi connectivity index (χ4v) is 0.999. The lowest BCUT2D eigenvalue weighted by atomic mass is 10.3. The molecule has 12 heavy (non-hydrogen) atoms. The van der Waals surface area contributed by atoms with Gasteiger partial charge in [-0.05, 0) is 32.9 Å². The summed E-state index contributed by atoms with van der Waals surface area (Å²) in [7, 11) is 0. The summed E-state index contributed by atoms with van der Waals surface area (Å²) in [4.78, 5) is 0. The van der Waals surface area contributed by atoms with Gasteiger partial charge in [0.15, 0.2) is 0 Å². The number of rotatable bonds is 8. The molecule has 0 rings (SSSR count). The van der Waals surface area contributed by atoms with Crippen LogP contribution in [-0.2, 0) is 0 Å². The van der Waals surface area contributed by atoms with E-state index >= 15 is 0 Å². The smallest absolute Gasteiger partial charge is 0.0164 e. The Morgan fingerprint density at radius 3 is 2.75 bits per heavy atom. The molecule has 0 aliphatic rings. The maximum atomic E-state index is 3.68. The van der Waals surface area contributed by atoms with E-state index in [2.05, 4.69) is 31.1 Å². The molecule has 0 aromatic rings. The summed E-state index contributed by atoms with van der Waals surface area (Å²) >= 11 is 0. The summed E-state index contributed by atoms with van der Waals surface area (Å²) in [5, 5.41) is 6.78. The van der Waals surface area contributed by atoms with Crippen LogP contribution in [0.15, 0.2) is 12.7 Å². The van der Waals surface area contributed by atoms with Crippen LogP contribution < -0.4 is 10.6 Å². The Kier molecular flexibility index (Phi) is 8.51. The van der Waals surface area contributed by atoms with E-state index < -0.39 is 0 Å². The zero-order chi connectivity index (χ0) is 9.23. The van der Waals surface area contributed by atoms with Crippen molar-refractivity contribution in [3.63, 3.8) is 0 Å². The average Bonchev–Trinajstić information content (AvgIpc) is 2.06. The van der Waals surface area contributed by atoms with Gasteiger partial charge in [0, 0.05) is 12.6 Å². The third kappa shape index (κ3) is 7.76. The second-order valence-electron chi connectivity index (χ2n) is 3.14. The predicted octanol–water partition coefficient (Wildman–Crippen LogP) is 1.54. The van der Waals surface area contributed by atoms with Gasteiger partial charge in [-0.2, -0.15) is 0 Å². The molecule has 0 heterocycles. The van der Waals surface area contributed by atoms with Crippen molar-refractivity contribution in [3.8, 4) is 0 Å². The first kappa shape index (κ1) is 11.7. The summed E-state index contributed by atoms with van der Waals surface area (Å²) < 4.78 is 0. The molecular formula is C10H22N2. The van der Waals surface area contributed by atoms with Crippen LogP contribution in [0.5, 0.6) is 0 Å². The molecular weight excluding hydrogens is 148 g/mol. The minimum Gasteiger partial charge on any atom is -0.315 e. The summed E-state index contributed by atoms with van der Waals surface area (Å²) in [6, 6.07) is 0.566. The second kappa shape index (κ2) is 8.75. The van der Waals surface area contributed by atoms with E-state index in [-0.39, 0.29) is 0 Å². The lowest BCUT2D eigenvalue weighted by Crippen LogP contribution is -2.36. The zero-order valence-electron chi connectivity index (χ0n) is 8.40. The van der Waals surface area contributed by atoms with Crippen molar-refractivity contribution in [1.82, 2.24) is 10.6 Å². The van der Waals surface area contributed by atoms with Crippen molar-refractivity contribution >= 4 is 0 Å². The van der Waals surface area contributed by atoms with Crippen LogP contribution in [0.2, 0.25) is 0 Å². The second-order valence-corrected chi connectivity index (χ2v) is 3.14. The predicted molar refractivity (Wildman–Crippen MR) is 55.4 cm³/mol. The van der Waals surface area contributed by atoms with Crippen LogP contribution >= 0.6 is 0 Å². The Hall–Kier alpha value is -0.340. The van der Waals surface area contributed by atoms with Crippen LogP contribution in [0, 0.1) is 0 Å². The van der Waals surface area contributed by atoms with Crippen molar-refractivity contribution in [3.05, 3.63) is 12.7 Å². The maximum absolute atomic E-state index is 3.68. The number of nitrogens with one attached hydrogen (secondary N) is 2. The van der Waals surface area contributed by atoms with Crippen molar-refractivity contribution in [2.24, 2.45) is 0 Å². The van der Waals surface area contributed by atoms with E-state index in [1.807, 2.05) is 6.08 Å². The molecule has 0 saturated heterocycles. The topological polar surface area (TPSA) is 24.1 Å². The van der Waals surface area contributed by atoms with Crippen LogP contribution in [0.3, 0.4) is 0 Å². The Morgan fingerprint density at radius 1 is 1.42 bits per heavy atom. The maximum Gasteiger partial charge on any atom is 0.0164 e. The van der Waals surface area contributed by atoms with E-state index in [0.717, 1.165) is 26.1 Å². The first-order valence-corrected chi connectivity index (χ1v) is 4.86. The third-order valence-electron chi connectivity index (χ3n) is 1.72. The van der Waals surface area contributed by atoms with Crippen molar-refractivity contribution in [2.75, 3.05) is 19.6 Å². The minimum absolute atomic E-state index is 0.566.